The molecule has 0 radical (unpaired) electrons. The number of hydrogen-bond donors (Lipinski definition) is 0. The van der Waals surface area contributed by atoms with Crippen LogP contribution in [0.25, 0.3) is 55.6 Å². The Morgan fingerprint density at radius 3 is 1.16 bits per heavy atom. The maximum absolute atomic E-state index is 11.8. The minimum absolute atomic E-state index is 0.0521. The van der Waals surface area contributed by atoms with Crippen LogP contribution in [0.15, 0.2) is 322 Å². The van der Waals surface area contributed by atoms with E-state index in [0.717, 1.165) is 107 Å². The molecule has 0 aromatic heterocycles. The summed E-state index contributed by atoms with van der Waals surface area (Å²) < 4.78 is 0. The molecule has 14 aromatic carbocycles. The highest BCUT2D eigenvalue weighted by Crippen LogP contribution is 2.54. The fraction of sp³-hybridized carbons (Fsp3) is 0.198. The summed E-state index contributed by atoms with van der Waals surface area (Å²) >= 11 is 0. The van der Waals surface area contributed by atoms with Gasteiger partial charge in [-0.2, -0.15) is 5.26 Å². The molecule has 0 amide bonds. The summed E-state index contributed by atoms with van der Waals surface area (Å²) in [5.74, 6) is -0.200. The third-order valence-electron chi connectivity index (χ3n) is 23.0. The molecule has 0 unspecified atom stereocenters. The Balaban J connectivity index is 1.08. The van der Waals surface area contributed by atoms with E-state index < -0.39 is 0 Å². The number of para-hydroxylation sites is 4. The van der Waals surface area contributed by atoms with Crippen LogP contribution in [0.3, 0.4) is 0 Å². The molecule has 0 atom stereocenters. The standard InChI is InChI=1S/C106H99BN4/c1-102(2,3)78-54-49-73(50-55-78)100(74-51-56-79(57-52-74)103(4,5)6)88-68-97-92(66-87(88)72-39-25-18-26-40-72)107-91-60-53-75(86-67-95(90(106(13,14)15)61-77(86)69-108)109(81-41-27-19-28-42-81)82-43-29-20-30-44-82)62-96(91)110(93-47-33-31-45-84(93)70-35-21-16-22-36-70)98-63-76(83-59-58-80(104(7,8)9)65-89(83)105(10,11)12)64-99(101(98)107)111(97)94-48-34-32-46-85(94)71-37-23-17-24-38-71/h16-68,100H,1-15H3. The average molecular weight is 1440 g/mol. The molecular formula is C106H99BN4. The molecule has 0 aliphatic carbocycles. The number of fused-ring (bicyclic) bond motifs is 4. The van der Waals surface area contributed by atoms with E-state index in [-0.39, 0.29) is 39.7 Å². The first-order chi connectivity index (χ1) is 53.2. The van der Waals surface area contributed by atoms with Crippen LogP contribution in [0.2, 0.25) is 0 Å². The highest BCUT2D eigenvalue weighted by Gasteiger charge is 2.46. The minimum atomic E-state index is -0.357. The minimum Gasteiger partial charge on any atom is -0.311 e. The molecule has 5 heteroatoms. The van der Waals surface area contributed by atoms with Crippen LogP contribution in [-0.4, -0.2) is 6.71 Å². The van der Waals surface area contributed by atoms with E-state index in [0.29, 0.717) is 5.56 Å². The second kappa shape index (κ2) is 28.5. The molecule has 0 N–H and O–H groups in total. The van der Waals surface area contributed by atoms with E-state index in [1.807, 2.05) is 0 Å². The van der Waals surface area contributed by atoms with E-state index in [1.54, 1.807) is 0 Å². The Hall–Kier alpha value is -12.0. The van der Waals surface area contributed by atoms with Crippen molar-refractivity contribution >= 4 is 74.3 Å². The van der Waals surface area contributed by atoms with Crippen LogP contribution >= 0.6 is 0 Å². The molecule has 0 spiro atoms. The van der Waals surface area contributed by atoms with Crippen molar-refractivity contribution in [3.63, 3.8) is 0 Å². The van der Waals surface area contributed by atoms with Gasteiger partial charge in [-0.15, -0.1) is 0 Å². The van der Waals surface area contributed by atoms with Crippen molar-refractivity contribution in [1.82, 2.24) is 0 Å². The van der Waals surface area contributed by atoms with Gasteiger partial charge in [0.05, 0.1) is 28.7 Å². The van der Waals surface area contributed by atoms with Crippen molar-refractivity contribution in [1.29, 1.82) is 5.26 Å². The van der Waals surface area contributed by atoms with Crippen molar-refractivity contribution in [3.05, 3.63) is 372 Å². The Labute approximate surface area is 660 Å². The van der Waals surface area contributed by atoms with E-state index in [1.165, 1.54) is 61.0 Å². The Morgan fingerprint density at radius 1 is 0.297 bits per heavy atom. The van der Waals surface area contributed by atoms with Crippen molar-refractivity contribution in [3.8, 4) is 61.7 Å². The smallest absolute Gasteiger partial charge is 0.252 e. The molecular weight excluding hydrogens is 1340 g/mol. The van der Waals surface area contributed by atoms with Crippen LogP contribution < -0.4 is 31.1 Å². The second-order valence-corrected chi connectivity index (χ2v) is 35.7. The fourth-order valence-electron chi connectivity index (χ4n) is 17.1. The average Bonchev–Trinajstić information content (AvgIpc) is 0.686. The highest BCUT2D eigenvalue weighted by molar-refractivity contribution is 7.00. The number of hydrogen-bond acceptors (Lipinski definition) is 4. The normalized spacial score (nSPS) is 12.8. The van der Waals surface area contributed by atoms with Crippen molar-refractivity contribution in [2.75, 3.05) is 14.7 Å². The first-order valence-corrected chi connectivity index (χ1v) is 39.5. The van der Waals surface area contributed by atoms with Gasteiger partial charge in [-0.3, -0.25) is 0 Å². The van der Waals surface area contributed by atoms with Gasteiger partial charge in [0.25, 0.3) is 6.71 Å². The SMILES string of the molecule is CC(C)(C)c1ccc(C(c2ccc(C(C)(C)C)cc2)c2cc3c(cc2-c2ccccc2)B2c4ccc(-c5cc(N(c6ccccc6)c6ccccc6)c(C(C)(C)C)cc5C#N)cc4N(c4ccccc4-c4ccccc4)c4cc(-c5ccc(C(C)(C)C)cc5C(C)(C)C)cc(c42)N3c2ccccc2-c2ccccc2)cc1. The zero-order valence-corrected chi connectivity index (χ0v) is 67.0. The molecule has 2 aliphatic heterocycles. The van der Waals surface area contributed by atoms with E-state index in [2.05, 4.69) is 446 Å². The predicted molar refractivity (Wildman–Crippen MR) is 474 cm³/mol. The van der Waals surface area contributed by atoms with Crippen LogP contribution in [0.4, 0.5) is 51.2 Å². The molecule has 0 saturated heterocycles. The van der Waals surface area contributed by atoms with Gasteiger partial charge in [0.2, 0.25) is 0 Å². The van der Waals surface area contributed by atoms with Crippen molar-refractivity contribution in [2.24, 2.45) is 0 Å². The Kier molecular flexibility index (Phi) is 18.8. The van der Waals surface area contributed by atoms with Gasteiger partial charge in [-0.25, -0.2) is 0 Å². The lowest BCUT2D eigenvalue weighted by Crippen LogP contribution is -2.61. The first-order valence-electron chi connectivity index (χ1n) is 39.5. The Bertz CT molecular complexity index is 5750. The molecule has 2 heterocycles. The van der Waals surface area contributed by atoms with Gasteiger partial charge in [0.15, 0.2) is 0 Å². The maximum atomic E-state index is 11.8. The van der Waals surface area contributed by atoms with Crippen LogP contribution in [0, 0.1) is 11.3 Å². The van der Waals surface area contributed by atoms with Crippen LogP contribution in [-0.2, 0) is 27.1 Å². The summed E-state index contributed by atoms with van der Waals surface area (Å²) in [6.45, 7) is 34.4. The third-order valence-corrected chi connectivity index (χ3v) is 23.0. The summed E-state index contributed by atoms with van der Waals surface area (Å²) in [5.41, 5.74) is 33.7. The topological polar surface area (TPSA) is 33.5 Å². The molecule has 546 valence electrons. The summed E-state index contributed by atoms with van der Waals surface area (Å²) in [6.07, 6.45) is 0. The highest BCUT2D eigenvalue weighted by atomic mass is 15.2. The van der Waals surface area contributed by atoms with Crippen molar-refractivity contribution < 1.29 is 0 Å². The van der Waals surface area contributed by atoms with E-state index in [9.17, 15) is 5.26 Å². The van der Waals surface area contributed by atoms with Gasteiger partial charge < -0.3 is 14.7 Å². The van der Waals surface area contributed by atoms with E-state index in [4.69, 9.17) is 0 Å². The van der Waals surface area contributed by atoms with E-state index >= 15 is 0 Å². The van der Waals surface area contributed by atoms with Gasteiger partial charge in [-0.05, 0) is 200 Å². The molecule has 4 nitrogen and oxygen atoms in total. The van der Waals surface area contributed by atoms with Gasteiger partial charge in [0.1, 0.15) is 0 Å². The lowest BCUT2D eigenvalue weighted by Gasteiger charge is -2.46. The van der Waals surface area contributed by atoms with Gasteiger partial charge >= 0.3 is 0 Å². The predicted octanol–water partition coefficient (Wildman–Crippen LogP) is 27.1. The largest absolute Gasteiger partial charge is 0.311 e. The summed E-state index contributed by atoms with van der Waals surface area (Å²) in [6, 6.07) is 124. The van der Waals surface area contributed by atoms with Crippen molar-refractivity contribution in [2.45, 2.75) is 137 Å². The lowest BCUT2D eigenvalue weighted by molar-refractivity contribution is 0.570. The summed E-state index contributed by atoms with van der Waals surface area (Å²) in [7, 11) is 0. The molecule has 2 aliphatic rings. The number of rotatable bonds is 13. The molecule has 0 saturated carbocycles. The summed E-state index contributed by atoms with van der Waals surface area (Å²) in [4.78, 5) is 7.64. The van der Waals surface area contributed by atoms with Gasteiger partial charge in [-0.1, -0.05) is 353 Å². The zero-order valence-electron chi connectivity index (χ0n) is 67.0. The number of anilines is 9. The number of nitrogens with zero attached hydrogens (tertiary/aromatic N) is 4. The Morgan fingerprint density at radius 2 is 0.712 bits per heavy atom. The lowest BCUT2D eigenvalue weighted by atomic mass is 9.33. The molecule has 16 rings (SSSR count). The first kappa shape index (κ1) is 73.2. The summed E-state index contributed by atoms with van der Waals surface area (Å²) in [5, 5.41) is 11.8. The molecule has 0 bridgehead atoms. The van der Waals surface area contributed by atoms with Crippen LogP contribution in [0.5, 0.6) is 0 Å². The maximum Gasteiger partial charge on any atom is 0.252 e. The van der Waals surface area contributed by atoms with Gasteiger partial charge in [0, 0.05) is 56.7 Å². The molecule has 0 fully saturated rings. The number of nitriles is 1. The molecule has 14 aromatic rings. The quantitative estimate of drug-likeness (QED) is 0.0851. The molecule has 111 heavy (non-hydrogen) atoms. The third kappa shape index (κ3) is 13.8. The second-order valence-electron chi connectivity index (χ2n) is 35.7. The fourth-order valence-corrected chi connectivity index (χ4v) is 17.1. The number of benzene rings is 14. The monoisotopic (exact) mass is 1440 g/mol. The van der Waals surface area contributed by atoms with Crippen LogP contribution in [0.1, 0.15) is 160 Å². The zero-order chi connectivity index (χ0) is 77.5.